The number of carbonyl (C=O) groups excluding carboxylic acids is 1. The van der Waals surface area contributed by atoms with Crippen LogP contribution in [-0.4, -0.2) is 44.6 Å². The molecule has 1 amide bonds. The van der Waals surface area contributed by atoms with Crippen molar-refractivity contribution >= 4 is 37.2 Å². The molecule has 1 heterocycles. The quantitative estimate of drug-likeness (QED) is 0.466. The summed E-state index contributed by atoms with van der Waals surface area (Å²) in [6.07, 6.45) is -4.45. The Kier molecular flexibility index (Phi) is 6.16. The summed E-state index contributed by atoms with van der Waals surface area (Å²) < 4.78 is 114. The van der Waals surface area contributed by atoms with Gasteiger partial charge in [-0.25, -0.2) is 12.8 Å². The lowest BCUT2D eigenvalue weighted by Crippen LogP contribution is -2.49. The average molecular weight is 535 g/mol. The Bertz CT molecular complexity index is 1460. The molecule has 0 radical (unpaired) electrons. The number of alkyl halides is 3. The first-order valence-electron chi connectivity index (χ1n) is 9.52. The number of hydrogen-bond donors (Lipinski definition) is 1. The Morgan fingerprint density at radius 3 is 2.03 bits per heavy atom. The van der Waals surface area contributed by atoms with Crippen LogP contribution >= 0.6 is 0 Å². The van der Waals surface area contributed by atoms with Crippen LogP contribution in [-0.2, 0) is 30.9 Å². The van der Waals surface area contributed by atoms with Gasteiger partial charge in [-0.3, -0.25) is 14.2 Å². The predicted molar refractivity (Wildman–Crippen MR) is 115 cm³/mol. The van der Waals surface area contributed by atoms with Crippen LogP contribution in [0.3, 0.4) is 0 Å². The van der Waals surface area contributed by atoms with E-state index in [9.17, 15) is 39.4 Å². The van der Waals surface area contributed by atoms with Gasteiger partial charge in [-0.05, 0) is 50.2 Å². The topological polar surface area (TPSA) is 136 Å². The molecule has 2 aromatic carbocycles. The maximum absolute atomic E-state index is 15.1. The number of hydrogen-bond acceptors (Lipinski definition) is 7. The lowest BCUT2D eigenvalue weighted by molar-refractivity contribution is -0.140. The van der Waals surface area contributed by atoms with Crippen molar-refractivity contribution in [2.45, 2.75) is 36.0 Å². The van der Waals surface area contributed by atoms with E-state index >= 15 is 4.39 Å². The number of sulfone groups is 1. The third kappa shape index (κ3) is 4.44. The van der Waals surface area contributed by atoms with Gasteiger partial charge < -0.3 is 4.90 Å². The molecule has 1 saturated heterocycles. The number of halogens is 4. The minimum Gasteiger partial charge on any atom is -0.322 e. The lowest BCUT2D eigenvalue weighted by Gasteiger charge is -2.34. The van der Waals surface area contributed by atoms with E-state index in [0.717, 1.165) is 35.4 Å². The number of benzene rings is 2. The number of nitrogens with zero attached hydrogens (tertiary/aromatic N) is 3. The highest BCUT2D eigenvalue weighted by Gasteiger charge is 2.58. The van der Waals surface area contributed by atoms with Crippen molar-refractivity contribution in [2.75, 3.05) is 16.1 Å². The van der Waals surface area contributed by atoms with Crippen LogP contribution < -0.4 is 9.80 Å². The Morgan fingerprint density at radius 2 is 1.60 bits per heavy atom. The second-order valence-electron chi connectivity index (χ2n) is 8.14. The summed E-state index contributed by atoms with van der Waals surface area (Å²) in [5.74, 6) is -3.27. The van der Waals surface area contributed by atoms with Gasteiger partial charge in [0.25, 0.3) is 5.91 Å². The van der Waals surface area contributed by atoms with E-state index < -0.39 is 65.7 Å². The molecule has 0 spiro atoms. The molecule has 0 bridgehead atoms. The Balaban J connectivity index is 2.31. The van der Waals surface area contributed by atoms with E-state index in [1.807, 2.05) is 0 Å². The van der Waals surface area contributed by atoms with E-state index in [1.54, 1.807) is 0 Å². The monoisotopic (exact) mass is 535 g/mol. The zero-order valence-corrected chi connectivity index (χ0v) is 19.8. The minimum absolute atomic E-state index is 0.106. The standard InChI is InChI=1S/C20H17F4N3O6S2/c1-19(2)17(28)26(14-9-4-11(10-25)15(16(14)21)20(22,23)24)18(35(31,32)33)27(19)12-5-7-13(8-6-12)34(3,29)30/h4-9,18H,1-3H3,(H,31,32,33). The lowest BCUT2D eigenvalue weighted by atomic mass is 10.0. The van der Waals surface area contributed by atoms with Crippen LogP contribution in [0.5, 0.6) is 0 Å². The van der Waals surface area contributed by atoms with E-state index in [2.05, 4.69) is 0 Å². The summed E-state index contributed by atoms with van der Waals surface area (Å²) in [5, 5.41) is 8.96. The van der Waals surface area contributed by atoms with Gasteiger partial charge in [0, 0.05) is 11.9 Å². The summed E-state index contributed by atoms with van der Waals surface area (Å²) in [5.41, 5.74) is -8.63. The van der Waals surface area contributed by atoms with Gasteiger partial charge in [0.2, 0.25) is 5.50 Å². The van der Waals surface area contributed by atoms with Crippen LogP contribution in [0.4, 0.5) is 28.9 Å². The van der Waals surface area contributed by atoms with Gasteiger partial charge >= 0.3 is 16.3 Å². The first-order chi connectivity index (χ1) is 15.8. The molecule has 15 heteroatoms. The molecular weight excluding hydrogens is 518 g/mol. The maximum Gasteiger partial charge on any atom is 0.420 e. The molecule has 2 aromatic rings. The molecule has 1 unspecified atom stereocenters. The van der Waals surface area contributed by atoms with Gasteiger partial charge in [-0.1, -0.05) is 0 Å². The molecule has 1 N–H and O–H groups in total. The zero-order valence-electron chi connectivity index (χ0n) is 18.2. The van der Waals surface area contributed by atoms with Crippen molar-refractivity contribution in [3.8, 4) is 6.07 Å². The molecule has 1 aliphatic rings. The summed E-state index contributed by atoms with van der Waals surface area (Å²) in [6.45, 7) is 2.37. The Labute approximate surface area is 197 Å². The molecule has 1 fully saturated rings. The zero-order chi connectivity index (χ0) is 26.7. The molecule has 9 nitrogen and oxygen atoms in total. The molecule has 0 aromatic heterocycles. The molecule has 0 saturated carbocycles. The Hall–Kier alpha value is -3.22. The fraction of sp³-hybridized carbons (Fsp3) is 0.300. The van der Waals surface area contributed by atoms with Crippen molar-refractivity contribution < 1.29 is 43.7 Å². The second kappa shape index (κ2) is 8.18. The molecular formula is C20H17F4N3O6S2. The van der Waals surface area contributed by atoms with E-state index in [4.69, 9.17) is 5.26 Å². The molecule has 0 aliphatic carbocycles. The van der Waals surface area contributed by atoms with Crippen LogP contribution in [0.15, 0.2) is 41.3 Å². The summed E-state index contributed by atoms with van der Waals surface area (Å²) in [7, 11) is -8.98. The van der Waals surface area contributed by atoms with Crippen molar-refractivity contribution in [2.24, 2.45) is 0 Å². The Morgan fingerprint density at radius 1 is 1.06 bits per heavy atom. The fourth-order valence-electron chi connectivity index (χ4n) is 3.81. The van der Waals surface area contributed by atoms with Gasteiger partial charge in [0.15, 0.2) is 15.7 Å². The second-order valence-corrected chi connectivity index (χ2v) is 11.6. The maximum atomic E-state index is 15.1. The van der Waals surface area contributed by atoms with E-state index in [0.29, 0.717) is 12.1 Å². The van der Waals surface area contributed by atoms with Crippen LogP contribution in [0.25, 0.3) is 0 Å². The largest absolute Gasteiger partial charge is 0.420 e. The number of carbonyl (C=O) groups is 1. The third-order valence-electron chi connectivity index (χ3n) is 5.38. The first-order valence-corrected chi connectivity index (χ1v) is 12.9. The smallest absolute Gasteiger partial charge is 0.322 e. The van der Waals surface area contributed by atoms with Gasteiger partial charge in [-0.2, -0.15) is 26.9 Å². The highest BCUT2D eigenvalue weighted by Crippen LogP contribution is 2.44. The summed E-state index contributed by atoms with van der Waals surface area (Å²) in [4.78, 5) is 14.1. The first kappa shape index (κ1) is 26.4. The molecule has 35 heavy (non-hydrogen) atoms. The number of rotatable bonds is 4. The highest BCUT2D eigenvalue weighted by molar-refractivity contribution is 7.90. The number of nitriles is 1. The predicted octanol–water partition coefficient (Wildman–Crippen LogP) is 2.92. The normalized spacial score (nSPS) is 18.6. The highest BCUT2D eigenvalue weighted by atomic mass is 32.2. The van der Waals surface area contributed by atoms with Crippen molar-refractivity contribution in [3.05, 3.63) is 53.3 Å². The molecule has 3 rings (SSSR count). The summed E-state index contributed by atoms with van der Waals surface area (Å²) >= 11 is 0. The fourth-order valence-corrected chi connectivity index (χ4v) is 5.57. The molecule has 188 valence electrons. The van der Waals surface area contributed by atoms with Crippen LogP contribution in [0, 0.1) is 17.1 Å². The number of anilines is 2. The van der Waals surface area contributed by atoms with Crippen molar-refractivity contribution in [3.63, 3.8) is 0 Å². The van der Waals surface area contributed by atoms with Gasteiger partial charge in [-0.15, -0.1) is 0 Å². The van der Waals surface area contributed by atoms with Crippen molar-refractivity contribution in [1.29, 1.82) is 5.26 Å². The van der Waals surface area contributed by atoms with Crippen LogP contribution in [0.2, 0.25) is 0 Å². The molecule has 1 aliphatic heterocycles. The van der Waals surface area contributed by atoms with Crippen LogP contribution in [0.1, 0.15) is 25.0 Å². The van der Waals surface area contributed by atoms with E-state index in [1.165, 1.54) is 19.9 Å². The van der Waals surface area contributed by atoms with E-state index in [-0.39, 0.29) is 15.5 Å². The minimum atomic E-state index is -5.36. The van der Waals surface area contributed by atoms with Gasteiger partial charge in [0.1, 0.15) is 11.1 Å². The number of amides is 1. The third-order valence-corrected chi connectivity index (χ3v) is 7.46. The average Bonchev–Trinajstić information content (AvgIpc) is 2.92. The molecule has 1 atom stereocenters. The summed E-state index contributed by atoms with van der Waals surface area (Å²) in [6, 6.07) is 6.85. The van der Waals surface area contributed by atoms with Gasteiger partial charge in [0.05, 0.1) is 22.2 Å². The SMILES string of the molecule is CC1(C)C(=O)N(c2ccc(C#N)c(C(F)(F)F)c2F)C(S(=O)(=O)O)N1c1ccc(S(C)(=O)=O)cc1. The van der Waals surface area contributed by atoms with Crippen molar-refractivity contribution in [1.82, 2.24) is 0 Å².